The third-order valence-electron chi connectivity index (χ3n) is 2.04. The molecular weight excluding hydrogens is 212 g/mol. The number of ether oxygens (including phenoxy) is 1. The van der Waals surface area contributed by atoms with Crippen LogP contribution in [0.2, 0.25) is 0 Å². The first-order chi connectivity index (χ1) is 7.28. The number of nitro groups is 1. The monoisotopic (exact) mass is 228 g/mol. The minimum Gasteiger partial charge on any atom is -0.444 e. The van der Waals surface area contributed by atoms with Crippen molar-refractivity contribution in [1.82, 2.24) is 4.90 Å². The fourth-order valence-corrected chi connectivity index (χ4v) is 1.30. The standard InChI is InChI=1S/C10H16N2O4/c1-10(2,3)16-9(13)11-6-8(7-11)4-5-12(14)15/h4-5,8H,6-7H2,1-3H3/b5-4+. The Labute approximate surface area is 94.0 Å². The van der Waals surface area contributed by atoms with E-state index < -0.39 is 10.5 Å². The molecule has 1 aliphatic rings. The second kappa shape index (κ2) is 4.51. The molecule has 0 atom stereocenters. The maximum atomic E-state index is 11.5. The second-order valence-electron chi connectivity index (χ2n) is 4.77. The normalized spacial score (nSPS) is 17.3. The summed E-state index contributed by atoms with van der Waals surface area (Å²) in [6.45, 7) is 6.37. The van der Waals surface area contributed by atoms with E-state index in [-0.39, 0.29) is 12.0 Å². The van der Waals surface area contributed by atoms with E-state index in [0.717, 1.165) is 6.20 Å². The van der Waals surface area contributed by atoms with Gasteiger partial charge in [0.05, 0.1) is 4.92 Å². The number of hydrogen-bond donors (Lipinski definition) is 0. The topological polar surface area (TPSA) is 72.7 Å². The van der Waals surface area contributed by atoms with Crippen LogP contribution < -0.4 is 0 Å². The highest BCUT2D eigenvalue weighted by Crippen LogP contribution is 2.20. The van der Waals surface area contributed by atoms with Gasteiger partial charge >= 0.3 is 6.09 Å². The summed E-state index contributed by atoms with van der Waals surface area (Å²) in [4.78, 5) is 22.6. The molecule has 0 spiro atoms. The molecule has 90 valence electrons. The second-order valence-corrected chi connectivity index (χ2v) is 4.77. The van der Waals surface area contributed by atoms with Crippen LogP contribution in [0.1, 0.15) is 20.8 Å². The lowest BCUT2D eigenvalue weighted by Crippen LogP contribution is -2.50. The van der Waals surface area contributed by atoms with Gasteiger partial charge in [-0.25, -0.2) is 4.79 Å². The van der Waals surface area contributed by atoms with Crippen LogP contribution in [0, 0.1) is 16.0 Å². The number of carbonyl (C=O) groups excluding carboxylic acids is 1. The Kier molecular flexibility index (Phi) is 3.51. The van der Waals surface area contributed by atoms with Crippen molar-refractivity contribution in [3.63, 3.8) is 0 Å². The lowest BCUT2D eigenvalue weighted by Gasteiger charge is -2.37. The average molecular weight is 228 g/mol. The molecule has 1 fully saturated rings. The summed E-state index contributed by atoms with van der Waals surface area (Å²) in [7, 11) is 0. The Bertz CT molecular complexity index is 313. The largest absolute Gasteiger partial charge is 0.444 e. The molecule has 0 saturated carbocycles. The molecule has 1 aliphatic heterocycles. The van der Waals surface area contributed by atoms with E-state index >= 15 is 0 Å². The highest BCUT2D eigenvalue weighted by Gasteiger charge is 2.32. The summed E-state index contributed by atoms with van der Waals surface area (Å²) in [6.07, 6.45) is 2.05. The summed E-state index contributed by atoms with van der Waals surface area (Å²) < 4.78 is 5.14. The van der Waals surface area contributed by atoms with E-state index in [1.54, 1.807) is 20.8 Å². The molecule has 1 saturated heterocycles. The van der Waals surface area contributed by atoms with Crippen LogP contribution >= 0.6 is 0 Å². The maximum absolute atomic E-state index is 11.5. The van der Waals surface area contributed by atoms with Crippen molar-refractivity contribution in [3.05, 3.63) is 22.4 Å². The van der Waals surface area contributed by atoms with Gasteiger partial charge in [0.2, 0.25) is 6.20 Å². The SMILES string of the molecule is CC(C)(C)OC(=O)N1CC(/C=C/[N+](=O)[O-])C1. The Morgan fingerprint density at radius 3 is 2.50 bits per heavy atom. The lowest BCUT2D eigenvalue weighted by atomic mass is 10.0. The summed E-state index contributed by atoms with van der Waals surface area (Å²) in [5.74, 6) is 0.0675. The Balaban J connectivity index is 2.31. The van der Waals surface area contributed by atoms with Gasteiger partial charge in [0.1, 0.15) is 5.60 Å². The van der Waals surface area contributed by atoms with Crippen LogP contribution in [0.25, 0.3) is 0 Å². The summed E-state index contributed by atoms with van der Waals surface area (Å²) in [5.41, 5.74) is -0.501. The van der Waals surface area contributed by atoms with Crippen molar-refractivity contribution in [2.24, 2.45) is 5.92 Å². The Morgan fingerprint density at radius 1 is 1.50 bits per heavy atom. The molecule has 0 N–H and O–H groups in total. The van der Waals surface area contributed by atoms with E-state index in [4.69, 9.17) is 4.74 Å². The molecule has 0 unspecified atom stereocenters. The molecule has 6 nitrogen and oxygen atoms in total. The first kappa shape index (κ1) is 12.5. The van der Waals surface area contributed by atoms with Crippen LogP contribution in [0.3, 0.4) is 0 Å². The molecule has 0 aromatic rings. The average Bonchev–Trinajstić information content (AvgIpc) is 1.96. The predicted octanol–water partition coefficient (Wildman–Crippen LogP) is 1.64. The Hall–Kier alpha value is -1.59. The first-order valence-corrected chi connectivity index (χ1v) is 5.07. The van der Waals surface area contributed by atoms with Gasteiger partial charge in [-0.05, 0) is 26.8 Å². The minimum atomic E-state index is -0.504. The van der Waals surface area contributed by atoms with Crippen LogP contribution in [0.5, 0.6) is 0 Å². The van der Waals surface area contributed by atoms with Crippen molar-refractivity contribution in [1.29, 1.82) is 0 Å². The van der Waals surface area contributed by atoms with E-state index in [1.807, 2.05) is 0 Å². The Morgan fingerprint density at radius 2 is 2.06 bits per heavy atom. The zero-order valence-electron chi connectivity index (χ0n) is 9.67. The molecule has 0 aromatic heterocycles. The van der Waals surface area contributed by atoms with Crippen molar-refractivity contribution >= 4 is 6.09 Å². The highest BCUT2D eigenvalue weighted by atomic mass is 16.6. The number of rotatable bonds is 2. The van der Waals surface area contributed by atoms with Crippen molar-refractivity contribution in [2.45, 2.75) is 26.4 Å². The van der Waals surface area contributed by atoms with Crippen molar-refractivity contribution in [2.75, 3.05) is 13.1 Å². The highest BCUT2D eigenvalue weighted by molar-refractivity contribution is 5.69. The number of carbonyl (C=O) groups is 1. The van der Waals surface area contributed by atoms with Gasteiger partial charge in [-0.15, -0.1) is 0 Å². The van der Waals surface area contributed by atoms with E-state index in [0.29, 0.717) is 13.1 Å². The molecule has 1 rings (SSSR count). The summed E-state index contributed by atoms with van der Waals surface area (Å²) >= 11 is 0. The zero-order valence-corrected chi connectivity index (χ0v) is 9.67. The van der Waals surface area contributed by atoms with Crippen molar-refractivity contribution < 1.29 is 14.5 Å². The minimum absolute atomic E-state index is 0.0675. The molecule has 1 amide bonds. The third kappa shape index (κ3) is 3.88. The predicted molar refractivity (Wildman–Crippen MR) is 57.4 cm³/mol. The quantitative estimate of drug-likeness (QED) is 0.532. The molecule has 0 bridgehead atoms. The number of hydrogen-bond acceptors (Lipinski definition) is 4. The van der Waals surface area contributed by atoms with Gasteiger partial charge in [-0.3, -0.25) is 10.1 Å². The molecule has 1 heterocycles. The molecular formula is C10H16N2O4. The van der Waals surface area contributed by atoms with E-state index in [1.165, 1.54) is 11.0 Å². The number of amides is 1. The lowest BCUT2D eigenvalue weighted by molar-refractivity contribution is -0.403. The zero-order chi connectivity index (χ0) is 12.3. The van der Waals surface area contributed by atoms with Crippen LogP contribution in [0.15, 0.2) is 12.3 Å². The van der Waals surface area contributed by atoms with E-state index in [2.05, 4.69) is 0 Å². The van der Waals surface area contributed by atoms with Crippen LogP contribution in [-0.4, -0.2) is 34.6 Å². The smallest absolute Gasteiger partial charge is 0.410 e. The van der Waals surface area contributed by atoms with Crippen molar-refractivity contribution in [3.8, 4) is 0 Å². The summed E-state index contributed by atoms with van der Waals surface area (Å²) in [6, 6.07) is 0. The fraction of sp³-hybridized carbons (Fsp3) is 0.700. The van der Waals surface area contributed by atoms with Gasteiger partial charge in [-0.2, -0.15) is 0 Å². The molecule has 6 heteroatoms. The summed E-state index contributed by atoms with van der Waals surface area (Å²) in [5, 5.41) is 10.1. The maximum Gasteiger partial charge on any atom is 0.410 e. The van der Waals surface area contributed by atoms with E-state index in [9.17, 15) is 14.9 Å². The van der Waals surface area contributed by atoms with Gasteiger partial charge < -0.3 is 9.64 Å². The third-order valence-corrected chi connectivity index (χ3v) is 2.04. The van der Waals surface area contributed by atoms with Gasteiger partial charge in [0.15, 0.2) is 0 Å². The number of likely N-dealkylation sites (tertiary alicyclic amines) is 1. The van der Waals surface area contributed by atoms with Crippen LogP contribution in [-0.2, 0) is 4.74 Å². The van der Waals surface area contributed by atoms with Gasteiger partial charge in [0, 0.05) is 19.0 Å². The first-order valence-electron chi connectivity index (χ1n) is 5.07. The molecule has 0 radical (unpaired) electrons. The molecule has 0 aliphatic carbocycles. The van der Waals surface area contributed by atoms with Gasteiger partial charge in [-0.1, -0.05) is 0 Å². The molecule has 0 aromatic carbocycles. The number of nitrogens with zero attached hydrogens (tertiary/aromatic N) is 2. The van der Waals surface area contributed by atoms with Crippen LogP contribution in [0.4, 0.5) is 4.79 Å². The van der Waals surface area contributed by atoms with Gasteiger partial charge in [0.25, 0.3) is 0 Å². The molecule has 16 heavy (non-hydrogen) atoms. The fourth-order valence-electron chi connectivity index (χ4n) is 1.30.